The summed E-state index contributed by atoms with van der Waals surface area (Å²) in [6, 6.07) is 10.4. The Morgan fingerprint density at radius 2 is 2.10 bits per heavy atom. The van der Waals surface area contributed by atoms with E-state index in [1.807, 2.05) is 12.1 Å². The van der Waals surface area contributed by atoms with Gasteiger partial charge in [0.1, 0.15) is 0 Å². The highest BCUT2D eigenvalue weighted by molar-refractivity contribution is 6.03. The number of fused-ring (bicyclic) bond motifs is 1. The number of H-pyrrole nitrogens is 1. The molecule has 0 spiro atoms. The molecule has 1 amide bonds. The molecule has 2 aromatic heterocycles. The summed E-state index contributed by atoms with van der Waals surface area (Å²) < 4.78 is 5.02. The third-order valence-electron chi connectivity index (χ3n) is 3.03. The Morgan fingerprint density at radius 1 is 1.25 bits per heavy atom. The van der Waals surface area contributed by atoms with Gasteiger partial charge in [-0.05, 0) is 42.6 Å². The zero-order valence-electron chi connectivity index (χ0n) is 10.8. The maximum Gasteiger partial charge on any atom is 0.291 e. The van der Waals surface area contributed by atoms with Crippen LogP contribution in [-0.4, -0.2) is 10.9 Å². The van der Waals surface area contributed by atoms with Crippen LogP contribution >= 0.6 is 0 Å². The standard InChI is InChI=1S/C15H12N2O3/c1-9-7-10-4-5-11(8-12(10)17-14(9)18)16-15(19)13-3-2-6-20-13/h2-8H,1H3,(H,16,19)(H,17,18). The topological polar surface area (TPSA) is 75.1 Å². The van der Waals surface area contributed by atoms with Crippen molar-refractivity contribution in [1.29, 1.82) is 0 Å². The van der Waals surface area contributed by atoms with Crippen LogP contribution in [0.5, 0.6) is 0 Å². The van der Waals surface area contributed by atoms with Crippen LogP contribution in [0.3, 0.4) is 0 Å². The first-order valence-electron chi connectivity index (χ1n) is 6.12. The van der Waals surface area contributed by atoms with Crippen molar-refractivity contribution in [3.8, 4) is 0 Å². The van der Waals surface area contributed by atoms with E-state index in [0.717, 1.165) is 5.39 Å². The van der Waals surface area contributed by atoms with Gasteiger partial charge in [-0.15, -0.1) is 0 Å². The zero-order chi connectivity index (χ0) is 14.1. The molecule has 5 nitrogen and oxygen atoms in total. The molecule has 0 saturated carbocycles. The van der Waals surface area contributed by atoms with Gasteiger partial charge in [0.2, 0.25) is 0 Å². The Morgan fingerprint density at radius 3 is 2.85 bits per heavy atom. The van der Waals surface area contributed by atoms with Crippen LogP contribution in [0.1, 0.15) is 16.1 Å². The second-order valence-electron chi connectivity index (χ2n) is 4.51. The number of aryl methyl sites for hydroxylation is 1. The summed E-state index contributed by atoms with van der Waals surface area (Å²) in [5, 5.41) is 3.63. The number of hydrogen-bond acceptors (Lipinski definition) is 3. The molecule has 1 aromatic carbocycles. The summed E-state index contributed by atoms with van der Waals surface area (Å²) in [6.45, 7) is 1.75. The van der Waals surface area contributed by atoms with Crippen molar-refractivity contribution in [1.82, 2.24) is 4.98 Å². The third kappa shape index (κ3) is 2.21. The van der Waals surface area contributed by atoms with Gasteiger partial charge < -0.3 is 14.7 Å². The smallest absolute Gasteiger partial charge is 0.291 e. The van der Waals surface area contributed by atoms with Crippen molar-refractivity contribution in [3.63, 3.8) is 0 Å². The fraction of sp³-hybridized carbons (Fsp3) is 0.0667. The Bertz CT molecular complexity index is 832. The minimum Gasteiger partial charge on any atom is -0.459 e. The average Bonchev–Trinajstić information content (AvgIpc) is 2.94. The number of rotatable bonds is 2. The van der Waals surface area contributed by atoms with Crippen molar-refractivity contribution in [2.75, 3.05) is 5.32 Å². The van der Waals surface area contributed by atoms with Gasteiger partial charge >= 0.3 is 0 Å². The van der Waals surface area contributed by atoms with Crippen molar-refractivity contribution >= 4 is 22.5 Å². The molecule has 2 N–H and O–H groups in total. The monoisotopic (exact) mass is 268 g/mol. The van der Waals surface area contributed by atoms with Crippen LogP contribution in [0.25, 0.3) is 10.9 Å². The average molecular weight is 268 g/mol. The number of amides is 1. The van der Waals surface area contributed by atoms with Crippen LogP contribution in [0.4, 0.5) is 5.69 Å². The van der Waals surface area contributed by atoms with Gasteiger partial charge in [-0.3, -0.25) is 9.59 Å². The van der Waals surface area contributed by atoms with Gasteiger partial charge in [0.25, 0.3) is 11.5 Å². The summed E-state index contributed by atoms with van der Waals surface area (Å²) in [4.78, 5) is 26.2. The molecular weight excluding hydrogens is 256 g/mol. The Hall–Kier alpha value is -2.82. The lowest BCUT2D eigenvalue weighted by atomic mass is 10.1. The quantitative estimate of drug-likeness (QED) is 0.750. The number of furan rings is 1. The van der Waals surface area contributed by atoms with Gasteiger partial charge in [0, 0.05) is 11.3 Å². The van der Waals surface area contributed by atoms with Gasteiger partial charge in [-0.25, -0.2) is 0 Å². The molecule has 100 valence electrons. The van der Waals surface area contributed by atoms with Crippen molar-refractivity contribution in [3.05, 3.63) is 64.3 Å². The lowest BCUT2D eigenvalue weighted by molar-refractivity contribution is 0.0996. The van der Waals surface area contributed by atoms with E-state index in [2.05, 4.69) is 10.3 Å². The fourth-order valence-corrected chi connectivity index (χ4v) is 1.99. The lowest BCUT2D eigenvalue weighted by Crippen LogP contribution is -2.12. The predicted octanol–water partition coefficient (Wildman–Crippen LogP) is 2.68. The molecular formula is C15H12N2O3. The molecule has 0 fully saturated rings. The molecule has 5 heteroatoms. The van der Waals surface area contributed by atoms with E-state index in [0.29, 0.717) is 16.8 Å². The number of anilines is 1. The van der Waals surface area contributed by atoms with Crippen LogP contribution < -0.4 is 10.9 Å². The van der Waals surface area contributed by atoms with Crippen LogP contribution in [0.15, 0.2) is 51.9 Å². The minimum absolute atomic E-state index is 0.132. The molecule has 0 aliphatic carbocycles. The molecule has 0 atom stereocenters. The highest BCUT2D eigenvalue weighted by Crippen LogP contribution is 2.17. The molecule has 2 heterocycles. The molecule has 0 aliphatic heterocycles. The van der Waals surface area contributed by atoms with Gasteiger partial charge in [-0.2, -0.15) is 0 Å². The number of pyridine rings is 1. The van der Waals surface area contributed by atoms with Gasteiger partial charge in [0.15, 0.2) is 5.76 Å². The molecule has 0 unspecified atom stereocenters. The number of carbonyl (C=O) groups is 1. The number of hydrogen-bond donors (Lipinski definition) is 2. The van der Waals surface area contributed by atoms with Crippen molar-refractivity contribution in [2.24, 2.45) is 0 Å². The molecule has 0 bridgehead atoms. The number of aromatic amines is 1. The number of nitrogens with one attached hydrogen (secondary N) is 2. The van der Waals surface area contributed by atoms with Crippen LogP contribution in [0.2, 0.25) is 0 Å². The van der Waals surface area contributed by atoms with Gasteiger partial charge in [0.05, 0.1) is 11.8 Å². The lowest BCUT2D eigenvalue weighted by Gasteiger charge is -2.05. The van der Waals surface area contributed by atoms with E-state index in [9.17, 15) is 9.59 Å². The first-order valence-corrected chi connectivity index (χ1v) is 6.12. The second kappa shape index (κ2) is 4.70. The van der Waals surface area contributed by atoms with E-state index in [-0.39, 0.29) is 17.2 Å². The summed E-state index contributed by atoms with van der Waals surface area (Å²) in [5.41, 5.74) is 1.80. The molecule has 20 heavy (non-hydrogen) atoms. The van der Waals surface area contributed by atoms with E-state index >= 15 is 0 Å². The normalized spacial score (nSPS) is 10.7. The maximum absolute atomic E-state index is 11.9. The Balaban J connectivity index is 1.95. The second-order valence-corrected chi connectivity index (χ2v) is 4.51. The summed E-state index contributed by atoms with van der Waals surface area (Å²) in [5.74, 6) is -0.0914. The van der Waals surface area contributed by atoms with Crippen LogP contribution in [-0.2, 0) is 0 Å². The fourth-order valence-electron chi connectivity index (χ4n) is 1.99. The molecule has 0 radical (unpaired) electrons. The predicted molar refractivity (Wildman–Crippen MR) is 76.0 cm³/mol. The maximum atomic E-state index is 11.9. The number of benzene rings is 1. The third-order valence-corrected chi connectivity index (χ3v) is 3.03. The molecule has 3 rings (SSSR count). The van der Waals surface area contributed by atoms with E-state index in [4.69, 9.17) is 4.42 Å². The molecule has 3 aromatic rings. The first-order chi connectivity index (χ1) is 9.63. The van der Waals surface area contributed by atoms with Crippen molar-refractivity contribution in [2.45, 2.75) is 6.92 Å². The summed E-state index contributed by atoms with van der Waals surface area (Å²) in [7, 11) is 0. The Kier molecular flexibility index (Phi) is 2.87. The SMILES string of the molecule is Cc1cc2ccc(NC(=O)c3ccco3)cc2[nH]c1=O. The van der Waals surface area contributed by atoms with Gasteiger partial charge in [-0.1, -0.05) is 6.07 Å². The zero-order valence-corrected chi connectivity index (χ0v) is 10.8. The minimum atomic E-state index is -0.330. The van der Waals surface area contributed by atoms with Crippen molar-refractivity contribution < 1.29 is 9.21 Å². The van der Waals surface area contributed by atoms with Crippen LogP contribution in [0, 0.1) is 6.92 Å². The van der Waals surface area contributed by atoms with E-state index in [1.165, 1.54) is 6.26 Å². The summed E-state index contributed by atoms with van der Waals surface area (Å²) in [6.07, 6.45) is 1.44. The Labute approximate surface area is 114 Å². The molecule has 0 aliphatic rings. The summed E-state index contributed by atoms with van der Waals surface area (Å²) >= 11 is 0. The van der Waals surface area contributed by atoms with E-state index in [1.54, 1.807) is 31.2 Å². The number of aromatic nitrogens is 1. The highest BCUT2D eigenvalue weighted by Gasteiger charge is 2.09. The van der Waals surface area contributed by atoms with E-state index < -0.39 is 0 Å². The molecule has 0 saturated heterocycles. The largest absolute Gasteiger partial charge is 0.459 e. The number of carbonyl (C=O) groups excluding carboxylic acids is 1. The highest BCUT2D eigenvalue weighted by atomic mass is 16.3. The first kappa shape index (κ1) is 12.2.